The van der Waals surface area contributed by atoms with Crippen LogP contribution in [0.25, 0.3) is 0 Å². The number of hydrogen-bond acceptors (Lipinski definition) is 3. The van der Waals surface area contributed by atoms with Crippen molar-refractivity contribution in [1.29, 1.82) is 0 Å². The molecule has 0 saturated carbocycles. The fourth-order valence-electron chi connectivity index (χ4n) is 3.04. The van der Waals surface area contributed by atoms with Crippen molar-refractivity contribution >= 4 is 6.09 Å². The molecule has 4 heteroatoms. The Morgan fingerprint density at radius 2 is 1.38 bits per heavy atom. The summed E-state index contributed by atoms with van der Waals surface area (Å²) in [4.78, 5) is 14.0. The Morgan fingerprint density at radius 3 is 1.71 bits per heavy atom. The predicted octanol–water partition coefficient (Wildman–Crippen LogP) is 4.21. The normalized spacial score (nSPS) is 14.0. The van der Waals surface area contributed by atoms with Crippen molar-refractivity contribution in [3.63, 3.8) is 0 Å². The third-order valence-corrected chi connectivity index (χ3v) is 3.37. The van der Waals surface area contributed by atoms with E-state index in [0.29, 0.717) is 6.42 Å². The highest BCUT2D eigenvalue weighted by molar-refractivity contribution is 5.68. The van der Waals surface area contributed by atoms with E-state index < -0.39 is 16.7 Å². The van der Waals surface area contributed by atoms with Gasteiger partial charge in [0.25, 0.3) is 0 Å². The molecule has 0 aromatic heterocycles. The Balaban J connectivity index is 4.86. The van der Waals surface area contributed by atoms with Gasteiger partial charge in [-0.3, -0.25) is 0 Å². The summed E-state index contributed by atoms with van der Waals surface area (Å²) in [6.07, 6.45) is 0.912. The molecule has 0 saturated heterocycles. The van der Waals surface area contributed by atoms with Crippen molar-refractivity contribution < 1.29 is 14.6 Å². The Kier molecular flexibility index (Phi) is 5.93. The van der Waals surface area contributed by atoms with Crippen molar-refractivity contribution in [2.24, 2.45) is 5.41 Å². The molecule has 126 valence electrons. The second-order valence-electron chi connectivity index (χ2n) is 9.23. The van der Waals surface area contributed by atoms with E-state index in [4.69, 9.17) is 4.74 Å². The lowest BCUT2D eigenvalue weighted by Gasteiger charge is -2.41. The van der Waals surface area contributed by atoms with E-state index in [-0.39, 0.29) is 11.5 Å². The van der Waals surface area contributed by atoms with Gasteiger partial charge >= 0.3 is 6.09 Å². The molecule has 0 rings (SSSR count). The first-order valence-corrected chi connectivity index (χ1v) is 7.64. The van der Waals surface area contributed by atoms with E-state index in [1.54, 1.807) is 25.8 Å². The van der Waals surface area contributed by atoms with Crippen LogP contribution < -0.4 is 0 Å². The first kappa shape index (κ1) is 20.2. The molecule has 0 aromatic rings. The van der Waals surface area contributed by atoms with Gasteiger partial charge in [-0.25, -0.2) is 4.79 Å². The summed E-state index contributed by atoms with van der Waals surface area (Å²) in [6.45, 7) is 17.6. The molecule has 0 atom stereocenters. The van der Waals surface area contributed by atoms with Gasteiger partial charge in [-0.05, 0) is 59.8 Å². The van der Waals surface area contributed by atoms with Crippen molar-refractivity contribution in [3.05, 3.63) is 0 Å². The highest BCUT2D eigenvalue weighted by Crippen LogP contribution is 2.31. The molecule has 0 aliphatic heterocycles. The molecule has 0 bridgehead atoms. The first-order chi connectivity index (χ1) is 8.95. The molecular weight excluding hydrogens is 266 g/mol. The Bertz CT molecular complexity index is 359. The fourth-order valence-corrected chi connectivity index (χ4v) is 3.04. The van der Waals surface area contributed by atoms with Crippen LogP contribution in [0.3, 0.4) is 0 Å². The number of aliphatic hydroxyl groups is 1. The molecule has 0 aliphatic carbocycles. The van der Waals surface area contributed by atoms with Crippen LogP contribution >= 0.6 is 0 Å². The van der Waals surface area contributed by atoms with Gasteiger partial charge in [0, 0.05) is 12.6 Å². The SMILES string of the molecule is CN(C(=O)OC(C)(C)CC(C)(C)C)C(C)(C)CC(C)(C)O. The lowest BCUT2D eigenvalue weighted by atomic mass is 9.83. The maximum absolute atomic E-state index is 12.4. The van der Waals surface area contributed by atoms with Gasteiger partial charge in [-0.1, -0.05) is 20.8 Å². The molecule has 0 aromatic carbocycles. The Morgan fingerprint density at radius 1 is 0.952 bits per heavy atom. The number of rotatable bonds is 5. The summed E-state index contributed by atoms with van der Waals surface area (Å²) in [5.41, 5.74) is -1.74. The zero-order valence-corrected chi connectivity index (χ0v) is 15.6. The maximum atomic E-state index is 12.4. The van der Waals surface area contributed by atoms with E-state index in [0.717, 1.165) is 6.42 Å². The van der Waals surface area contributed by atoms with E-state index in [2.05, 4.69) is 20.8 Å². The highest BCUT2D eigenvalue weighted by atomic mass is 16.6. The van der Waals surface area contributed by atoms with Gasteiger partial charge in [0.15, 0.2) is 0 Å². The molecule has 0 fully saturated rings. The highest BCUT2D eigenvalue weighted by Gasteiger charge is 2.37. The molecule has 4 nitrogen and oxygen atoms in total. The van der Waals surface area contributed by atoms with Crippen LogP contribution in [-0.2, 0) is 4.74 Å². The second-order valence-corrected chi connectivity index (χ2v) is 9.23. The smallest absolute Gasteiger partial charge is 0.410 e. The number of ether oxygens (including phenoxy) is 1. The fraction of sp³-hybridized carbons (Fsp3) is 0.941. The van der Waals surface area contributed by atoms with E-state index >= 15 is 0 Å². The van der Waals surface area contributed by atoms with Gasteiger partial charge in [0.1, 0.15) is 5.60 Å². The molecule has 1 N–H and O–H groups in total. The van der Waals surface area contributed by atoms with Crippen molar-refractivity contribution in [2.45, 2.75) is 91.9 Å². The average molecular weight is 301 g/mol. The monoisotopic (exact) mass is 301 g/mol. The number of nitrogens with zero attached hydrogens (tertiary/aromatic N) is 1. The van der Waals surface area contributed by atoms with Gasteiger partial charge in [0.2, 0.25) is 0 Å². The van der Waals surface area contributed by atoms with Crippen LogP contribution in [0.5, 0.6) is 0 Å². The van der Waals surface area contributed by atoms with Crippen LogP contribution in [0, 0.1) is 5.41 Å². The predicted molar refractivity (Wildman–Crippen MR) is 87.4 cm³/mol. The number of carbonyl (C=O) groups is 1. The molecule has 0 aliphatic rings. The standard InChI is InChI=1S/C17H35NO3/c1-14(2,3)11-17(8,9)21-13(19)18(10)15(4,5)12-16(6,7)20/h20H,11-12H2,1-10H3. The average Bonchev–Trinajstić information content (AvgIpc) is 2.06. The van der Waals surface area contributed by atoms with Gasteiger partial charge in [-0.15, -0.1) is 0 Å². The molecule has 0 spiro atoms. The molecular formula is C17H35NO3. The quantitative estimate of drug-likeness (QED) is 0.827. The largest absolute Gasteiger partial charge is 0.443 e. The lowest BCUT2D eigenvalue weighted by Crippen LogP contribution is -2.51. The molecule has 0 radical (unpaired) electrons. The molecule has 21 heavy (non-hydrogen) atoms. The van der Waals surface area contributed by atoms with Crippen LogP contribution in [0.4, 0.5) is 4.79 Å². The van der Waals surface area contributed by atoms with Crippen molar-refractivity contribution in [3.8, 4) is 0 Å². The lowest BCUT2D eigenvalue weighted by molar-refractivity contribution is -0.0330. The Hall–Kier alpha value is -0.770. The summed E-state index contributed by atoms with van der Waals surface area (Å²) in [5.74, 6) is 0. The van der Waals surface area contributed by atoms with Crippen molar-refractivity contribution in [2.75, 3.05) is 7.05 Å². The van der Waals surface area contributed by atoms with E-state index in [9.17, 15) is 9.90 Å². The van der Waals surface area contributed by atoms with Crippen LogP contribution in [-0.4, -0.2) is 39.9 Å². The maximum Gasteiger partial charge on any atom is 0.410 e. The Labute approximate surface area is 130 Å². The van der Waals surface area contributed by atoms with Crippen molar-refractivity contribution in [1.82, 2.24) is 4.90 Å². The topological polar surface area (TPSA) is 49.8 Å². The van der Waals surface area contributed by atoms with Gasteiger partial charge in [0.05, 0.1) is 5.60 Å². The first-order valence-electron chi connectivity index (χ1n) is 7.64. The number of amides is 1. The third kappa shape index (κ3) is 8.30. The van der Waals surface area contributed by atoms with Crippen LogP contribution in [0.2, 0.25) is 0 Å². The van der Waals surface area contributed by atoms with E-state index in [1.807, 2.05) is 27.7 Å². The minimum Gasteiger partial charge on any atom is -0.443 e. The minimum atomic E-state index is -0.834. The number of carbonyl (C=O) groups excluding carboxylic acids is 1. The molecule has 0 heterocycles. The van der Waals surface area contributed by atoms with Crippen LogP contribution in [0.15, 0.2) is 0 Å². The van der Waals surface area contributed by atoms with Gasteiger partial charge in [-0.2, -0.15) is 0 Å². The summed E-state index contributed by atoms with van der Waals surface area (Å²) in [7, 11) is 1.72. The molecule has 1 amide bonds. The summed E-state index contributed by atoms with van der Waals surface area (Å²) in [5, 5.41) is 9.99. The second kappa shape index (κ2) is 6.15. The summed E-state index contributed by atoms with van der Waals surface area (Å²) in [6, 6.07) is 0. The zero-order chi connectivity index (χ0) is 17.3. The summed E-state index contributed by atoms with van der Waals surface area (Å²) < 4.78 is 5.68. The summed E-state index contributed by atoms with van der Waals surface area (Å²) >= 11 is 0. The molecule has 0 unspecified atom stereocenters. The van der Waals surface area contributed by atoms with Crippen LogP contribution in [0.1, 0.15) is 75.2 Å². The van der Waals surface area contributed by atoms with Gasteiger partial charge < -0.3 is 14.7 Å². The zero-order valence-electron chi connectivity index (χ0n) is 15.6. The minimum absolute atomic E-state index is 0.0883. The number of hydrogen-bond donors (Lipinski definition) is 1. The third-order valence-electron chi connectivity index (χ3n) is 3.37. The van der Waals surface area contributed by atoms with E-state index in [1.165, 1.54) is 0 Å².